The lowest BCUT2D eigenvalue weighted by atomic mass is 10.1. The van der Waals surface area contributed by atoms with Gasteiger partial charge < -0.3 is 4.74 Å². The second-order valence-electron chi connectivity index (χ2n) is 6.28. The van der Waals surface area contributed by atoms with Crippen LogP contribution in [-0.2, 0) is 11.2 Å². The van der Waals surface area contributed by atoms with E-state index in [0.29, 0.717) is 28.4 Å². The molecule has 0 fully saturated rings. The third-order valence-electron chi connectivity index (χ3n) is 4.04. The average Bonchev–Trinajstić information content (AvgIpc) is 3.11. The number of nitrogens with one attached hydrogen (secondary N) is 1. The molecule has 5 nitrogen and oxygen atoms in total. The zero-order valence-electron chi connectivity index (χ0n) is 15.4. The van der Waals surface area contributed by atoms with Crippen LogP contribution in [0.1, 0.15) is 28.5 Å². The monoisotopic (exact) mass is 395 g/mol. The Morgan fingerprint density at radius 2 is 2.18 bits per heavy atom. The predicted octanol–water partition coefficient (Wildman–Crippen LogP) is 4.46. The van der Waals surface area contributed by atoms with Crippen LogP contribution in [0.2, 0.25) is 0 Å². The number of ether oxygens (including phenoxy) is 1. The molecule has 0 saturated carbocycles. The summed E-state index contributed by atoms with van der Waals surface area (Å²) in [7, 11) is 0. The van der Waals surface area contributed by atoms with Crippen LogP contribution >= 0.6 is 11.3 Å². The molecule has 1 unspecified atom stereocenters. The molecule has 1 amide bonds. The normalized spacial score (nSPS) is 11.5. The summed E-state index contributed by atoms with van der Waals surface area (Å²) in [6.45, 7) is 3.34. The molecule has 3 aromatic rings. The van der Waals surface area contributed by atoms with Gasteiger partial charge in [0.2, 0.25) is 0 Å². The second-order valence-corrected chi connectivity index (χ2v) is 7.40. The van der Waals surface area contributed by atoms with Crippen molar-refractivity contribution in [3.63, 3.8) is 0 Å². The lowest BCUT2D eigenvalue weighted by Crippen LogP contribution is -2.30. The van der Waals surface area contributed by atoms with Crippen molar-refractivity contribution >= 4 is 22.4 Å². The molecule has 3 rings (SSSR count). The number of hydrogen-bond acceptors (Lipinski definition) is 5. The molecule has 7 heteroatoms. The highest BCUT2D eigenvalue weighted by molar-refractivity contribution is 7.15. The first-order valence-electron chi connectivity index (χ1n) is 8.62. The molecule has 1 heterocycles. The molecule has 0 aliphatic rings. The van der Waals surface area contributed by atoms with Gasteiger partial charge in [0.05, 0.1) is 11.6 Å². The van der Waals surface area contributed by atoms with Gasteiger partial charge in [-0.25, -0.2) is 9.37 Å². The molecule has 0 aliphatic carbocycles. The van der Waals surface area contributed by atoms with Crippen LogP contribution in [0.3, 0.4) is 0 Å². The fourth-order valence-electron chi connectivity index (χ4n) is 2.50. The maximum Gasteiger partial charge on any atom is 0.266 e. The van der Waals surface area contributed by atoms with Gasteiger partial charge in [0.15, 0.2) is 11.2 Å². The largest absolute Gasteiger partial charge is 0.481 e. The molecule has 0 spiro atoms. The average molecular weight is 395 g/mol. The van der Waals surface area contributed by atoms with Crippen LogP contribution in [0, 0.1) is 24.1 Å². The highest BCUT2D eigenvalue weighted by Gasteiger charge is 2.17. The number of rotatable bonds is 6. The van der Waals surface area contributed by atoms with Crippen molar-refractivity contribution in [2.75, 3.05) is 5.32 Å². The van der Waals surface area contributed by atoms with E-state index in [1.807, 2.05) is 12.1 Å². The first kappa shape index (κ1) is 19.5. The van der Waals surface area contributed by atoms with Crippen LogP contribution in [0.25, 0.3) is 0 Å². The van der Waals surface area contributed by atoms with Crippen molar-refractivity contribution in [1.29, 1.82) is 5.26 Å². The van der Waals surface area contributed by atoms with Crippen LogP contribution in [0.4, 0.5) is 9.52 Å². The van der Waals surface area contributed by atoms with E-state index in [4.69, 9.17) is 10.00 Å². The SMILES string of the molecule is Cc1ccc(Cc2cnc(NC(=O)C(C)Oc3cccc(C#N)c3)s2)cc1F. The number of nitriles is 1. The molecule has 0 bridgehead atoms. The highest BCUT2D eigenvalue weighted by Crippen LogP contribution is 2.23. The van der Waals surface area contributed by atoms with Gasteiger partial charge in [-0.3, -0.25) is 10.1 Å². The minimum Gasteiger partial charge on any atom is -0.481 e. The van der Waals surface area contributed by atoms with Gasteiger partial charge in [0, 0.05) is 17.5 Å². The molecule has 142 valence electrons. The van der Waals surface area contributed by atoms with E-state index in [1.54, 1.807) is 50.4 Å². The first-order valence-corrected chi connectivity index (χ1v) is 9.43. The number of nitrogens with zero attached hydrogens (tertiary/aromatic N) is 2. The Kier molecular flexibility index (Phi) is 6.02. The Hall–Kier alpha value is -3.24. The summed E-state index contributed by atoms with van der Waals surface area (Å²) in [5, 5.41) is 12.1. The third-order valence-corrected chi connectivity index (χ3v) is 4.96. The van der Waals surface area contributed by atoms with Gasteiger partial charge in [0.25, 0.3) is 5.91 Å². The number of anilines is 1. The minimum absolute atomic E-state index is 0.234. The summed E-state index contributed by atoms with van der Waals surface area (Å²) in [6, 6.07) is 13.8. The Bertz CT molecular complexity index is 1040. The predicted molar refractivity (Wildman–Crippen MR) is 106 cm³/mol. The summed E-state index contributed by atoms with van der Waals surface area (Å²) < 4.78 is 19.3. The maximum atomic E-state index is 13.7. The third kappa shape index (κ3) is 4.93. The molecule has 2 aromatic carbocycles. The number of aryl methyl sites for hydroxylation is 1. The van der Waals surface area contributed by atoms with Crippen LogP contribution in [0.5, 0.6) is 5.75 Å². The fourth-order valence-corrected chi connectivity index (χ4v) is 3.35. The fraction of sp³-hybridized carbons (Fsp3) is 0.190. The number of benzene rings is 2. The molecule has 0 saturated heterocycles. The lowest BCUT2D eigenvalue weighted by molar-refractivity contribution is -0.122. The molecule has 1 aromatic heterocycles. The Morgan fingerprint density at radius 3 is 2.93 bits per heavy atom. The number of amides is 1. The van der Waals surface area contributed by atoms with Crippen molar-refractivity contribution < 1.29 is 13.9 Å². The Labute approximate surface area is 166 Å². The van der Waals surface area contributed by atoms with E-state index in [2.05, 4.69) is 10.3 Å². The van der Waals surface area contributed by atoms with Crippen LogP contribution in [-0.4, -0.2) is 17.0 Å². The van der Waals surface area contributed by atoms with Gasteiger partial charge >= 0.3 is 0 Å². The smallest absolute Gasteiger partial charge is 0.266 e. The summed E-state index contributed by atoms with van der Waals surface area (Å²) in [4.78, 5) is 17.5. The molecular weight excluding hydrogens is 377 g/mol. The molecule has 1 N–H and O–H groups in total. The van der Waals surface area contributed by atoms with Gasteiger partial charge in [-0.15, -0.1) is 11.3 Å². The maximum absolute atomic E-state index is 13.7. The molecule has 0 radical (unpaired) electrons. The number of hydrogen-bond donors (Lipinski definition) is 1. The van der Waals surface area contributed by atoms with Crippen LogP contribution in [0.15, 0.2) is 48.7 Å². The first-order chi connectivity index (χ1) is 13.4. The molecule has 28 heavy (non-hydrogen) atoms. The van der Waals surface area contributed by atoms with Gasteiger partial charge in [-0.05, 0) is 49.2 Å². The van der Waals surface area contributed by atoms with E-state index in [1.165, 1.54) is 17.4 Å². The van der Waals surface area contributed by atoms with Crippen molar-refractivity contribution in [2.24, 2.45) is 0 Å². The number of thiazole rings is 1. The van der Waals surface area contributed by atoms with Crippen LogP contribution < -0.4 is 10.1 Å². The van der Waals surface area contributed by atoms with E-state index >= 15 is 0 Å². The summed E-state index contributed by atoms with van der Waals surface area (Å²) in [6.07, 6.45) is 1.45. The van der Waals surface area contributed by atoms with E-state index < -0.39 is 6.10 Å². The van der Waals surface area contributed by atoms with Crippen molar-refractivity contribution in [3.05, 3.63) is 76.0 Å². The quantitative estimate of drug-likeness (QED) is 0.669. The Morgan fingerprint density at radius 1 is 1.36 bits per heavy atom. The highest BCUT2D eigenvalue weighted by atomic mass is 32.1. The minimum atomic E-state index is -0.757. The van der Waals surface area contributed by atoms with Crippen molar-refractivity contribution in [2.45, 2.75) is 26.4 Å². The molecule has 0 aliphatic heterocycles. The number of carbonyl (C=O) groups is 1. The number of halogens is 1. The van der Waals surface area contributed by atoms with Crippen molar-refractivity contribution in [3.8, 4) is 11.8 Å². The van der Waals surface area contributed by atoms with E-state index in [0.717, 1.165) is 10.4 Å². The summed E-state index contributed by atoms with van der Waals surface area (Å²) >= 11 is 1.33. The second kappa shape index (κ2) is 8.63. The topological polar surface area (TPSA) is 75.0 Å². The van der Waals surface area contributed by atoms with Gasteiger partial charge in [-0.2, -0.15) is 5.26 Å². The van der Waals surface area contributed by atoms with Crippen molar-refractivity contribution in [1.82, 2.24) is 4.98 Å². The Balaban J connectivity index is 1.59. The standard InChI is InChI=1S/C21H18FN3O2S/c1-13-6-7-15(10-19(13)22)9-18-12-24-21(28-18)25-20(26)14(2)27-17-5-3-4-16(8-17)11-23/h3-8,10,12,14H,9H2,1-2H3,(H,24,25,26). The summed E-state index contributed by atoms with van der Waals surface area (Å²) in [5.74, 6) is -0.130. The summed E-state index contributed by atoms with van der Waals surface area (Å²) in [5.41, 5.74) is 1.91. The van der Waals surface area contributed by atoms with Gasteiger partial charge in [-0.1, -0.05) is 18.2 Å². The van der Waals surface area contributed by atoms with E-state index in [9.17, 15) is 9.18 Å². The number of carbonyl (C=O) groups excluding carboxylic acids is 1. The molecular formula is C21H18FN3O2S. The lowest BCUT2D eigenvalue weighted by Gasteiger charge is -2.13. The zero-order chi connectivity index (χ0) is 20.1. The number of aromatic nitrogens is 1. The van der Waals surface area contributed by atoms with E-state index in [-0.39, 0.29) is 11.7 Å². The van der Waals surface area contributed by atoms with Gasteiger partial charge in [0.1, 0.15) is 11.6 Å². The molecule has 1 atom stereocenters. The zero-order valence-corrected chi connectivity index (χ0v) is 16.2.